The highest BCUT2D eigenvalue weighted by molar-refractivity contribution is 7.91. The standard InChI is InChI=1S/C15H21N3O6S/c1-2-3-8-17(12-6-9-25(22,23)11-12)14(19)10-24-13-5-4-7-16-15(13)18(20)21/h4-5,7,12H,2-3,6,8-11H2,1H3/t12-/m0/s1. The fraction of sp³-hybridized carbons (Fsp3) is 0.600. The normalized spacial score (nSPS) is 18.7. The van der Waals surface area contributed by atoms with E-state index in [9.17, 15) is 23.3 Å². The number of hydrogen-bond acceptors (Lipinski definition) is 7. The second-order valence-corrected chi connectivity index (χ2v) is 8.10. The Hall–Kier alpha value is -2.23. The lowest BCUT2D eigenvalue weighted by Crippen LogP contribution is -2.44. The van der Waals surface area contributed by atoms with E-state index in [1.165, 1.54) is 23.2 Å². The Morgan fingerprint density at radius 3 is 2.88 bits per heavy atom. The van der Waals surface area contributed by atoms with Crippen molar-refractivity contribution in [3.8, 4) is 5.75 Å². The first-order valence-electron chi connectivity index (χ1n) is 8.06. The Kier molecular flexibility index (Phi) is 6.29. The summed E-state index contributed by atoms with van der Waals surface area (Å²) in [5, 5.41) is 10.9. The molecule has 2 heterocycles. The zero-order valence-electron chi connectivity index (χ0n) is 14.0. The van der Waals surface area contributed by atoms with Crippen LogP contribution in [0.4, 0.5) is 5.82 Å². The molecule has 1 aromatic rings. The number of aromatic nitrogens is 1. The van der Waals surface area contributed by atoms with Crippen molar-refractivity contribution in [2.45, 2.75) is 32.2 Å². The van der Waals surface area contributed by atoms with Crippen molar-refractivity contribution >= 4 is 21.6 Å². The van der Waals surface area contributed by atoms with Gasteiger partial charge in [0, 0.05) is 12.6 Å². The topological polar surface area (TPSA) is 120 Å². The van der Waals surface area contributed by atoms with Gasteiger partial charge in [-0.3, -0.25) is 4.79 Å². The molecule has 0 N–H and O–H groups in total. The highest BCUT2D eigenvalue weighted by Gasteiger charge is 2.34. The van der Waals surface area contributed by atoms with Crippen LogP contribution in [0.15, 0.2) is 18.3 Å². The lowest BCUT2D eigenvalue weighted by atomic mass is 10.2. The molecule has 1 aliphatic heterocycles. The first kappa shape index (κ1) is 19.1. The Labute approximate surface area is 146 Å². The van der Waals surface area contributed by atoms with E-state index >= 15 is 0 Å². The van der Waals surface area contributed by atoms with E-state index in [-0.39, 0.29) is 29.2 Å². The number of nitrogens with zero attached hydrogens (tertiary/aromatic N) is 3. The highest BCUT2D eigenvalue weighted by Crippen LogP contribution is 2.23. The molecule has 10 heteroatoms. The van der Waals surface area contributed by atoms with E-state index < -0.39 is 27.2 Å². The van der Waals surface area contributed by atoms with E-state index in [1.54, 1.807) is 0 Å². The second kappa shape index (κ2) is 8.24. The number of pyridine rings is 1. The zero-order valence-corrected chi connectivity index (χ0v) is 14.8. The average molecular weight is 371 g/mol. The zero-order chi connectivity index (χ0) is 18.4. The van der Waals surface area contributed by atoms with Crippen LogP contribution in [0.5, 0.6) is 5.75 Å². The number of hydrogen-bond donors (Lipinski definition) is 0. The van der Waals surface area contributed by atoms with Crippen molar-refractivity contribution in [3.63, 3.8) is 0 Å². The van der Waals surface area contributed by atoms with Crippen LogP contribution in [0.25, 0.3) is 0 Å². The SMILES string of the molecule is CCCCN(C(=O)COc1cccnc1[N+](=O)[O-])[C@H]1CCS(=O)(=O)C1. The van der Waals surface area contributed by atoms with E-state index in [2.05, 4.69) is 4.98 Å². The molecule has 0 aliphatic carbocycles. The minimum Gasteiger partial charge on any atom is -0.476 e. The largest absolute Gasteiger partial charge is 0.476 e. The fourth-order valence-corrected chi connectivity index (χ4v) is 4.45. The van der Waals surface area contributed by atoms with Crippen LogP contribution in [0.2, 0.25) is 0 Å². The van der Waals surface area contributed by atoms with Gasteiger partial charge in [-0.2, -0.15) is 0 Å². The molecule has 1 amide bonds. The molecular formula is C15H21N3O6S. The summed E-state index contributed by atoms with van der Waals surface area (Å²) in [6.07, 6.45) is 3.28. The van der Waals surface area contributed by atoms with Crippen LogP contribution in [0, 0.1) is 10.1 Å². The van der Waals surface area contributed by atoms with E-state index in [0.717, 1.165) is 12.8 Å². The highest BCUT2D eigenvalue weighted by atomic mass is 32.2. The fourth-order valence-electron chi connectivity index (χ4n) is 2.71. The molecule has 0 radical (unpaired) electrons. The van der Waals surface area contributed by atoms with Gasteiger partial charge < -0.3 is 19.8 Å². The number of sulfone groups is 1. The number of carbonyl (C=O) groups excluding carboxylic acids is 1. The third-order valence-corrected chi connectivity index (χ3v) is 5.75. The van der Waals surface area contributed by atoms with Gasteiger partial charge in [0.05, 0.1) is 11.5 Å². The third kappa shape index (κ3) is 5.12. The Morgan fingerprint density at radius 1 is 1.52 bits per heavy atom. The molecule has 1 aromatic heterocycles. The Balaban J connectivity index is 2.06. The van der Waals surface area contributed by atoms with Gasteiger partial charge in [0.15, 0.2) is 16.4 Å². The lowest BCUT2D eigenvalue weighted by Gasteiger charge is -2.28. The van der Waals surface area contributed by atoms with E-state index in [0.29, 0.717) is 13.0 Å². The quantitative estimate of drug-likeness (QED) is 0.497. The van der Waals surface area contributed by atoms with Gasteiger partial charge in [-0.15, -0.1) is 0 Å². The molecule has 1 saturated heterocycles. The lowest BCUT2D eigenvalue weighted by molar-refractivity contribution is -0.390. The molecule has 1 fully saturated rings. The molecule has 1 aliphatic rings. The Morgan fingerprint density at radius 2 is 2.28 bits per heavy atom. The van der Waals surface area contributed by atoms with Crippen LogP contribution < -0.4 is 4.74 Å². The number of ether oxygens (including phenoxy) is 1. The van der Waals surface area contributed by atoms with Crippen molar-refractivity contribution < 1.29 is 22.9 Å². The van der Waals surface area contributed by atoms with Crippen molar-refractivity contribution in [3.05, 3.63) is 28.4 Å². The number of carbonyl (C=O) groups is 1. The Bertz CT molecular complexity index is 737. The van der Waals surface area contributed by atoms with Crippen molar-refractivity contribution in [1.29, 1.82) is 0 Å². The molecule has 1 atom stereocenters. The first-order valence-corrected chi connectivity index (χ1v) is 9.88. The summed E-state index contributed by atoms with van der Waals surface area (Å²) in [5.74, 6) is -0.902. The molecular weight excluding hydrogens is 350 g/mol. The van der Waals surface area contributed by atoms with E-state index in [4.69, 9.17) is 4.74 Å². The summed E-state index contributed by atoms with van der Waals surface area (Å²) in [6, 6.07) is 2.48. The smallest absolute Gasteiger partial charge is 0.406 e. The maximum Gasteiger partial charge on any atom is 0.406 e. The van der Waals surface area contributed by atoms with Crippen LogP contribution >= 0.6 is 0 Å². The average Bonchev–Trinajstić information content (AvgIpc) is 2.93. The molecule has 138 valence electrons. The molecule has 0 bridgehead atoms. The number of amides is 1. The van der Waals surface area contributed by atoms with Gasteiger partial charge in [0.2, 0.25) is 5.75 Å². The van der Waals surface area contributed by atoms with Gasteiger partial charge in [0.1, 0.15) is 6.20 Å². The van der Waals surface area contributed by atoms with Crippen molar-refractivity contribution in [1.82, 2.24) is 9.88 Å². The number of unbranched alkanes of at least 4 members (excludes halogenated alkanes) is 1. The minimum atomic E-state index is -3.12. The van der Waals surface area contributed by atoms with Gasteiger partial charge >= 0.3 is 5.82 Å². The maximum absolute atomic E-state index is 12.5. The molecule has 0 spiro atoms. The van der Waals surface area contributed by atoms with Gasteiger partial charge in [-0.05, 0) is 34.9 Å². The van der Waals surface area contributed by atoms with Crippen LogP contribution in [-0.2, 0) is 14.6 Å². The summed E-state index contributed by atoms with van der Waals surface area (Å²) in [6.45, 7) is 2.02. The predicted octanol–water partition coefficient (Wildman–Crippen LogP) is 1.18. The number of rotatable bonds is 8. The summed E-state index contributed by atoms with van der Waals surface area (Å²) in [7, 11) is -3.12. The minimum absolute atomic E-state index is 0.0461. The predicted molar refractivity (Wildman–Crippen MR) is 90.1 cm³/mol. The monoisotopic (exact) mass is 371 g/mol. The van der Waals surface area contributed by atoms with Crippen LogP contribution in [-0.4, -0.2) is 59.8 Å². The second-order valence-electron chi connectivity index (χ2n) is 5.87. The van der Waals surface area contributed by atoms with Crippen molar-refractivity contribution in [2.24, 2.45) is 0 Å². The van der Waals surface area contributed by atoms with Gasteiger partial charge in [-0.25, -0.2) is 8.42 Å². The molecule has 2 rings (SSSR count). The van der Waals surface area contributed by atoms with Gasteiger partial charge in [-0.1, -0.05) is 13.3 Å². The summed E-state index contributed by atoms with van der Waals surface area (Å²) in [5.41, 5.74) is 0. The molecule has 0 unspecified atom stereocenters. The summed E-state index contributed by atoms with van der Waals surface area (Å²) in [4.78, 5) is 27.9. The number of nitro groups is 1. The van der Waals surface area contributed by atoms with Crippen molar-refractivity contribution in [2.75, 3.05) is 24.7 Å². The van der Waals surface area contributed by atoms with Gasteiger partial charge in [0.25, 0.3) is 5.91 Å². The molecule has 9 nitrogen and oxygen atoms in total. The summed E-state index contributed by atoms with van der Waals surface area (Å²) >= 11 is 0. The molecule has 0 aromatic carbocycles. The third-order valence-electron chi connectivity index (χ3n) is 4.00. The molecule has 25 heavy (non-hydrogen) atoms. The summed E-state index contributed by atoms with van der Waals surface area (Å²) < 4.78 is 28.7. The molecule has 0 saturated carbocycles. The van der Waals surface area contributed by atoms with Crippen LogP contribution in [0.3, 0.4) is 0 Å². The first-order chi connectivity index (χ1) is 11.8. The van der Waals surface area contributed by atoms with E-state index in [1.807, 2.05) is 6.92 Å². The van der Waals surface area contributed by atoms with Crippen LogP contribution in [0.1, 0.15) is 26.2 Å². The maximum atomic E-state index is 12.5.